The normalized spacial score (nSPS) is 18.1. The predicted octanol–water partition coefficient (Wildman–Crippen LogP) is 4.13. The Morgan fingerprint density at radius 2 is 1.41 bits per heavy atom. The highest BCUT2D eigenvalue weighted by Crippen LogP contribution is 2.40. The van der Waals surface area contributed by atoms with Crippen molar-refractivity contribution in [3.05, 3.63) is 96.1 Å². The molecule has 2 aromatic rings. The van der Waals surface area contributed by atoms with Crippen LogP contribution in [0.5, 0.6) is 0 Å². The van der Waals surface area contributed by atoms with E-state index in [-0.39, 0.29) is 25.4 Å². The molecular weight excluding hydrogens is 532 g/mol. The highest BCUT2D eigenvalue weighted by Gasteiger charge is 2.65. The summed E-state index contributed by atoms with van der Waals surface area (Å²) in [5.74, 6) is -2.54. The summed E-state index contributed by atoms with van der Waals surface area (Å²) in [6, 6.07) is 16.3. The minimum Gasteiger partial charge on any atom is -0.466 e. The lowest BCUT2D eigenvalue weighted by Gasteiger charge is -2.36. The number of hydrogen-bond donors (Lipinski definition) is 0. The second-order valence-corrected chi connectivity index (χ2v) is 9.02. The van der Waals surface area contributed by atoms with E-state index < -0.39 is 47.9 Å². The number of methoxy groups -OCH3 is 1. The maximum atomic E-state index is 13.7. The first kappa shape index (κ1) is 30.6. The molecule has 3 rings (SSSR count). The molecule has 11 heteroatoms. The van der Waals surface area contributed by atoms with Gasteiger partial charge in [0.15, 0.2) is 5.78 Å². The van der Waals surface area contributed by atoms with E-state index in [0.29, 0.717) is 16.1 Å². The Morgan fingerprint density at radius 3 is 1.90 bits per heavy atom. The van der Waals surface area contributed by atoms with Gasteiger partial charge in [-0.3, -0.25) is 4.79 Å². The summed E-state index contributed by atoms with van der Waals surface area (Å²) >= 11 is 0. The van der Waals surface area contributed by atoms with Crippen molar-refractivity contribution in [3.63, 3.8) is 0 Å². The lowest BCUT2D eigenvalue weighted by molar-refractivity contribution is -0.165. The van der Waals surface area contributed by atoms with Gasteiger partial charge in [0.25, 0.3) is 0 Å². The summed E-state index contributed by atoms with van der Waals surface area (Å²) in [5, 5.41) is 1.46. The van der Waals surface area contributed by atoms with Crippen LogP contribution in [0.4, 0.5) is 9.59 Å². The van der Waals surface area contributed by atoms with Crippen molar-refractivity contribution in [2.75, 3.05) is 13.7 Å². The van der Waals surface area contributed by atoms with Crippen LogP contribution in [-0.2, 0) is 46.5 Å². The number of ether oxygens (including phenoxy) is 4. The zero-order chi connectivity index (χ0) is 30.0. The van der Waals surface area contributed by atoms with E-state index in [2.05, 4.69) is 11.3 Å². The number of hydrazine groups is 1. The van der Waals surface area contributed by atoms with Crippen molar-refractivity contribution in [2.24, 2.45) is 0 Å². The third-order valence-electron chi connectivity index (χ3n) is 6.39. The molecule has 1 aliphatic heterocycles. The fourth-order valence-electron chi connectivity index (χ4n) is 4.29. The third-order valence-corrected chi connectivity index (χ3v) is 6.39. The minimum absolute atomic E-state index is 0.104. The van der Waals surface area contributed by atoms with Gasteiger partial charge < -0.3 is 18.9 Å². The third kappa shape index (κ3) is 6.99. The van der Waals surface area contributed by atoms with E-state index >= 15 is 0 Å². The first-order chi connectivity index (χ1) is 19.6. The van der Waals surface area contributed by atoms with Crippen LogP contribution in [0.3, 0.4) is 0 Å². The van der Waals surface area contributed by atoms with Crippen molar-refractivity contribution < 1.29 is 42.9 Å². The first-order valence-electron chi connectivity index (χ1n) is 12.8. The van der Waals surface area contributed by atoms with Crippen molar-refractivity contribution in [2.45, 2.75) is 45.1 Å². The predicted molar refractivity (Wildman–Crippen MR) is 146 cm³/mol. The summed E-state index contributed by atoms with van der Waals surface area (Å²) in [7, 11) is 1.18. The molecule has 11 nitrogen and oxygen atoms in total. The van der Waals surface area contributed by atoms with Crippen molar-refractivity contribution >= 4 is 29.9 Å². The maximum Gasteiger partial charge on any atom is 0.430 e. The molecule has 1 heterocycles. The monoisotopic (exact) mass is 564 g/mol. The van der Waals surface area contributed by atoms with Crippen LogP contribution in [0.25, 0.3) is 0 Å². The van der Waals surface area contributed by atoms with Crippen LogP contribution in [0.2, 0.25) is 0 Å². The number of esters is 2. The molecule has 1 fully saturated rings. The average Bonchev–Trinajstić information content (AvgIpc) is 3.36. The Labute approximate surface area is 237 Å². The van der Waals surface area contributed by atoms with Crippen LogP contribution in [0.15, 0.2) is 85.0 Å². The molecule has 2 amide bonds. The van der Waals surface area contributed by atoms with E-state index in [1.54, 1.807) is 67.6 Å². The van der Waals surface area contributed by atoms with Crippen LogP contribution in [0, 0.1) is 0 Å². The van der Waals surface area contributed by atoms with Gasteiger partial charge in [-0.2, -0.15) is 5.01 Å². The number of carbonyl (C=O) groups is 5. The molecular formula is C30H32N2O9. The number of hydrogen-bond acceptors (Lipinski definition) is 9. The number of amides is 2. The van der Waals surface area contributed by atoms with E-state index in [1.807, 2.05) is 0 Å². The maximum absolute atomic E-state index is 13.7. The number of ketones is 1. The molecule has 0 radical (unpaired) electrons. The summed E-state index contributed by atoms with van der Waals surface area (Å²) < 4.78 is 20.8. The van der Waals surface area contributed by atoms with Gasteiger partial charge in [-0.1, -0.05) is 73.3 Å². The van der Waals surface area contributed by atoms with Crippen molar-refractivity contribution in [1.29, 1.82) is 0 Å². The van der Waals surface area contributed by atoms with Gasteiger partial charge in [0, 0.05) is 12.5 Å². The number of nitrogens with zero attached hydrogens (tertiary/aromatic N) is 2. The largest absolute Gasteiger partial charge is 0.466 e. The van der Waals surface area contributed by atoms with Crippen LogP contribution in [-0.4, -0.2) is 65.2 Å². The summed E-state index contributed by atoms with van der Waals surface area (Å²) in [5.41, 5.74) is -0.894. The van der Waals surface area contributed by atoms with Gasteiger partial charge in [0.2, 0.25) is 5.54 Å². The molecule has 0 aromatic heterocycles. The Bertz CT molecular complexity index is 1310. The lowest BCUT2D eigenvalue weighted by atomic mass is 9.87. The van der Waals surface area contributed by atoms with Gasteiger partial charge >= 0.3 is 24.1 Å². The topological polar surface area (TPSA) is 129 Å². The fraction of sp³-hybridized carbons (Fsp3) is 0.300. The first-order valence-corrected chi connectivity index (χ1v) is 12.8. The molecule has 216 valence electrons. The Kier molecular flexibility index (Phi) is 10.4. The number of rotatable bonds is 10. The molecule has 1 aliphatic rings. The summed E-state index contributed by atoms with van der Waals surface area (Å²) in [6.07, 6.45) is -0.321. The van der Waals surface area contributed by atoms with Gasteiger partial charge in [-0.25, -0.2) is 24.2 Å². The number of benzene rings is 2. The van der Waals surface area contributed by atoms with Gasteiger partial charge in [-0.15, -0.1) is 0 Å². The second-order valence-electron chi connectivity index (χ2n) is 9.02. The molecule has 2 aromatic carbocycles. The molecule has 0 N–H and O–H groups in total. The van der Waals surface area contributed by atoms with Crippen LogP contribution in [0.1, 0.15) is 31.4 Å². The van der Waals surface area contributed by atoms with Crippen molar-refractivity contribution in [1.82, 2.24) is 10.0 Å². The highest BCUT2D eigenvalue weighted by molar-refractivity contribution is 6.10. The molecule has 1 saturated heterocycles. The van der Waals surface area contributed by atoms with E-state index in [0.717, 1.165) is 18.0 Å². The Balaban J connectivity index is 2.08. The smallest absolute Gasteiger partial charge is 0.430 e. The standard InChI is InChI=1S/C30H32N2O9/c1-5-39-27(35)30(22(3)33)18-25(21(2)16-17-26(34)38-4)31(28(36)40-19-23-12-8-6-9-13-23)32(30)29(37)41-20-24-14-10-7-11-15-24/h6-17,25H,2,5,18-20H2,1,3-4H3/b17-16+/t25-,30+/m0/s1. The molecule has 0 spiro atoms. The Hall–Kier alpha value is -4.93. The van der Waals surface area contributed by atoms with Crippen LogP contribution < -0.4 is 0 Å². The summed E-state index contributed by atoms with van der Waals surface area (Å²) in [6.45, 7) is 6.08. The number of carbonyl (C=O) groups excluding carboxylic acids is 5. The zero-order valence-electron chi connectivity index (χ0n) is 23.1. The summed E-state index contributed by atoms with van der Waals surface area (Å²) in [4.78, 5) is 65.8. The van der Waals surface area contributed by atoms with E-state index in [4.69, 9.17) is 14.2 Å². The Morgan fingerprint density at radius 1 is 0.878 bits per heavy atom. The highest BCUT2D eigenvalue weighted by atomic mass is 16.6. The van der Waals surface area contributed by atoms with Gasteiger partial charge in [-0.05, 0) is 30.5 Å². The minimum atomic E-state index is -2.29. The SMILES string of the molecule is C=C(/C=C/C(=O)OC)[C@@H]1C[C@@](C(C)=O)(C(=O)OCC)N(C(=O)OCc2ccccc2)N1C(=O)OCc1ccccc1. The van der Waals surface area contributed by atoms with E-state index in [1.165, 1.54) is 13.2 Å². The molecule has 0 unspecified atom stereocenters. The zero-order valence-corrected chi connectivity index (χ0v) is 23.1. The molecule has 0 bridgehead atoms. The lowest BCUT2D eigenvalue weighted by Crippen LogP contribution is -2.63. The second kappa shape index (κ2) is 13.9. The van der Waals surface area contributed by atoms with Crippen LogP contribution >= 0.6 is 0 Å². The average molecular weight is 565 g/mol. The molecule has 41 heavy (non-hydrogen) atoms. The van der Waals surface area contributed by atoms with Gasteiger partial charge in [0.05, 0.1) is 19.8 Å². The molecule has 2 atom stereocenters. The fourth-order valence-corrected chi connectivity index (χ4v) is 4.29. The van der Waals surface area contributed by atoms with Crippen molar-refractivity contribution in [3.8, 4) is 0 Å². The molecule has 0 aliphatic carbocycles. The number of Topliss-reactive ketones (excluding diaryl/α,β-unsaturated/α-hetero) is 1. The quantitative estimate of drug-likeness (QED) is 0.138. The van der Waals surface area contributed by atoms with Gasteiger partial charge in [0.1, 0.15) is 13.2 Å². The van der Waals surface area contributed by atoms with E-state index in [9.17, 15) is 24.0 Å². The molecule has 0 saturated carbocycles.